The van der Waals surface area contributed by atoms with Gasteiger partial charge in [0.05, 0.1) is 0 Å². The van der Waals surface area contributed by atoms with E-state index in [0.29, 0.717) is 5.41 Å². The van der Waals surface area contributed by atoms with Crippen molar-refractivity contribution < 1.29 is 0 Å². The fraction of sp³-hybridized carbons (Fsp3) is 1.00. The predicted molar refractivity (Wildman–Crippen MR) is 55.1 cm³/mol. The highest BCUT2D eigenvalue weighted by atomic mass is 14.6. The van der Waals surface area contributed by atoms with E-state index < -0.39 is 0 Å². The van der Waals surface area contributed by atoms with Gasteiger partial charge in [-0.3, -0.25) is 0 Å². The Morgan fingerprint density at radius 1 is 1.17 bits per heavy atom. The lowest BCUT2D eigenvalue weighted by Crippen LogP contribution is -2.14. The van der Waals surface area contributed by atoms with Gasteiger partial charge in [0.25, 0.3) is 0 Å². The minimum absolute atomic E-state index is 0.693. The molecule has 0 aliphatic heterocycles. The van der Waals surface area contributed by atoms with Crippen molar-refractivity contribution in [1.82, 2.24) is 0 Å². The molecule has 0 aromatic rings. The van der Waals surface area contributed by atoms with E-state index in [1.807, 2.05) is 0 Å². The van der Waals surface area contributed by atoms with Gasteiger partial charge >= 0.3 is 0 Å². The maximum absolute atomic E-state index is 2.50. The number of hydrogen-bond acceptors (Lipinski definition) is 0. The molecule has 72 valence electrons. The fourth-order valence-corrected chi connectivity index (χ4v) is 3.50. The summed E-state index contributed by atoms with van der Waals surface area (Å²) in [4.78, 5) is 0. The minimum atomic E-state index is 0.693. The molecule has 1 fully saturated rings. The predicted octanol–water partition coefficient (Wildman–Crippen LogP) is 4.10. The van der Waals surface area contributed by atoms with Crippen LogP contribution in [0.15, 0.2) is 0 Å². The van der Waals surface area contributed by atoms with Crippen molar-refractivity contribution in [2.24, 2.45) is 23.2 Å². The Labute approximate surface area is 77.7 Å². The molecule has 0 N–H and O–H groups in total. The summed E-state index contributed by atoms with van der Waals surface area (Å²) in [6.07, 6.45) is 4.12. The first-order chi connectivity index (χ1) is 5.62. The normalized spacial score (nSPS) is 40.5. The molecule has 1 saturated carbocycles. The molecule has 3 unspecified atom stereocenters. The first kappa shape index (κ1) is 10.1. The number of hydrogen-bond donors (Lipinski definition) is 0. The van der Waals surface area contributed by atoms with Gasteiger partial charge < -0.3 is 0 Å². The van der Waals surface area contributed by atoms with E-state index in [4.69, 9.17) is 0 Å². The van der Waals surface area contributed by atoms with Gasteiger partial charge in [0.2, 0.25) is 0 Å². The highest BCUT2D eigenvalue weighted by Crippen LogP contribution is 2.65. The molecule has 0 radical (unpaired) electrons. The smallest absolute Gasteiger partial charge is 0.0238 e. The monoisotopic (exact) mass is 168 g/mol. The van der Waals surface area contributed by atoms with Crippen LogP contribution in [-0.4, -0.2) is 0 Å². The summed E-state index contributed by atoms with van der Waals surface area (Å²) in [6, 6.07) is 0. The van der Waals surface area contributed by atoms with Gasteiger partial charge in [0.1, 0.15) is 0 Å². The average Bonchev–Trinajstić information content (AvgIpc) is 2.57. The Kier molecular flexibility index (Phi) is 2.85. The summed E-state index contributed by atoms with van der Waals surface area (Å²) in [7, 11) is 0. The van der Waals surface area contributed by atoms with Gasteiger partial charge in [-0.1, -0.05) is 53.9 Å². The Balaban J connectivity index is 2.61. The molecular weight excluding hydrogens is 144 g/mol. The zero-order chi connectivity index (χ0) is 9.35. The molecule has 1 rings (SSSR count). The zero-order valence-electron chi connectivity index (χ0n) is 9.35. The maximum atomic E-state index is 2.50. The van der Waals surface area contributed by atoms with E-state index in [1.54, 1.807) is 0 Å². The standard InChI is InChI=1S/C12H24/c1-6-10(7-2)12(5)9(4)11(12)8-3/h9-11H,6-8H2,1-5H3. The van der Waals surface area contributed by atoms with Crippen molar-refractivity contribution in [2.75, 3.05) is 0 Å². The Morgan fingerprint density at radius 2 is 1.67 bits per heavy atom. The first-order valence-electron chi connectivity index (χ1n) is 5.62. The quantitative estimate of drug-likeness (QED) is 0.592. The largest absolute Gasteiger partial charge is 0.0651 e. The second-order valence-corrected chi connectivity index (χ2v) is 4.68. The van der Waals surface area contributed by atoms with Crippen LogP contribution in [-0.2, 0) is 0 Å². The van der Waals surface area contributed by atoms with E-state index >= 15 is 0 Å². The summed E-state index contributed by atoms with van der Waals surface area (Å²) >= 11 is 0. The van der Waals surface area contributed by atoms with E-state index in [0.717, 1.165) is 17.8 Å². The van der Waals surface area contributed by atoms with Gasteiger partial charge in [-0.25, -0.2) is 0 Å². The van der Waals surface area contributed by atoms with Crippen LogP contribution in [0.2, 0.25) is 0 Å². The zero-order valence-corrected chi connectivity index (χ0v) is 9.35. The third-order valence-electron chi connectivity index (χ3n) is 4.58. The van der Waals surface area contributed by atoms with E-state index in [-0.39, 0.29) is 0 Å². The third-order valence-corrected chi connectivity index (χ3v) is 4.58. The molecule has 0 heteroatoms. The SMILES string of the molecule is CCC(CC)C1(C)C(C)C1CC. The van der Waals surface area contributed by atoms with Gasteiger partial charge in [0.15, 0.2) is 0 Å². The van der Waals surface area contributed by atoms with Crippen LogP contribution in [0.4, 0.5) is 0 Å². The molecule has 3 atom stereocenters. The average molecular weight is 168 g/mol. The van der Waals surface area contributed by atoms with Gasteiger partial charge in [0, 0.05) is 0 Å². The van der Waals surface area contributed by atoms with Gasteiger partial charge in [-0.05, 0) is 23.2 Å². The molecule has 0 aromatic heterocycles. The summed E-state index contributed by atoms with van der Waals surface area (Å²) in [5, 5.41) is 0. The molecule has 0 amide bonds. The summed E-state index contributed by atoms with van der Waals surface area (Å²) in [5.74, 6) is 2.97. The molecule has 0 heterocycles. The lowest BCUT2D eigenvalue weighted by Gasteiger charge is -2.22. The lowest BCUT2D eigenvalue weighted by atomic mass is 9.83. The van der Waals surface area contributed by atoms with Gasteiger partial charge in [-0.2, -0.15) is 0 Å². The second kappa shape index (κ2) is 3.40. The Bertz CT molecular complexity index is 146. The van der Waals surface area contributed by atoms with Crippen LogP contribution in [0.5, 0.6) is 0 Å². The van der Waals surface area contributed by atoms with Crippen molar-refractivity contribution in [1.29, 1.82) is 0 Å². The van der Waals surface area contributed by atoms with E-state index in [1.165, 1.54) is 19.3 Å². The van der Waals surface area contributed by atoms with Gasteiger partial charge in [-0.15, -0.1) is 0 Å². The molecule has 0 nitrogen and oxygen atoms in total. The molecule has 0 saturated heterocycles. The van der Waals surface area contributed by atoms with Crippen LogP contribution in [0, 0.1) is 23.2 Å². The van der Waals surface area contributed by atoms with Crippen molar-refractivity contribution in [3.05, 3.63) is 0 Å². The van der Waals surface area contributed by atoms with Crippen LogP contribution in [0.3, 0.4) is 0 Å². The first-order valence-corrected chi connectivity index (χ1v) is 5.62. The van der Waals surface area contributed by atoms with Crippen molar-refractivity contribution in [3.8, 4) is 0 Å². The van der Waals surface area contributed by atoms with Crippen molar-refractivity contribution in [3.63, 3.8) is 0 Å². The minimum Gasteiger partial charge on any atom is -0.0651 e. The molecule has 0 aromatic carbocycles. The molecular formula is C12H24. The summed E-state index contributed by atoms with van der Waals surface area (Å²) < 4.78 is 0. The summed E-state index contributed by atoms with van der Waals surface area (Å²) in [6.45, 7) is 12.0. The fourth-order valence-electron chi connectivity index (χ4n) is 3.50. The molecule has 1 aliphatic carbocycles. The highest BCUT2D eigenvalue weighted by molar-refractivity contribution is 5.07. The second-order valence-electron chi connectivity index (χ2n) is 4.68. The van der Waals surface area contributed by atoms with Crippen molar-refractivity contribution >= 4 is 0 Å². The van der Waals surface area contributed by atoms with Crippen LogP contribution >= 0.6 is 0 Å². The van der Waals surface area contributed by atoms with Crippen LogP contribution < -0.4 is 0 Å². The maximum Gasteiger partial charge on any atom is -0.0238 e. The lowest BCUT2D eigenvalue weighted by molar-refractivity contribution is 0.272. The van der Waals surface area contributed by atoms with Crippen LogP contribution in [0.1, 0.15) is 53.9 Å². The third kappa shape index (κ3) is 1.20. The van der Waals surface area contributed by atoms with Crippen molar-refractivity contribution in [2.45, 2.75) is 53.9 Å². The van der Waals surface area contributed by atoms with E-state index in [9.17, 15) is 0 Å². The topological polar surface area (TPSA) is 0 Å². The van der Waals surface area contributed by atoms with E-state index in [2.05, 4.69) is 34.6 Å². The summed E-state index contributed by atoms with van der Waals surface area (Å²) in [5.41, 5.74) is 0.693. The molecule has 0 spiro atoms. The van der Waals surface area contributed by atoms with Crippen LogP contribution in [0.25, 0.3) is 0 Å². The molecule has 0 bridgehead atoms. The number of rotatable bonds is 4. The highest BCUT2D eigenvalue weighted by Gasteiger charge is 2.59. The Morgan fingerprint density at radius 3 is 1.92 bits per heavy atom. The molecule has 1 aliphatic rings. The molecule has 12 heavy (non-hydrogen) atoms. The Hall–Kier alpha value is 0.